The summed E-state index contributed by atoms with van der Waals surface area (Å²) in [6.07, 6.45) is 3.09. The van der Waals surface area contributed by atoms with Crippen molar-refractivity contribution >= 4 is 30.4 Å². The van der Waals surface area contributed by atoms with Crippen molar-refractivity contribution in [2.45, 2.75) is 11.8 Å². The molecule has 0 aliphatic rings. The van der Waals surface area contributed by atoms with E-state index in [0.717, 1.165) is 12.7 Å². The number of furan rings is 1. The van der Waals surface area contributed by atoms with Crippen molar-refractivity contribution in [1.29, 1.82) is 0 Å². The molecule has 1 aromatic heterocycles. The SMILES string of the molecule is Cc1ccc(S(=O)(=O)OI(c2ccccc2)c2ccoc2)cc1. The van der Waals surface area contributed by atoms with E-state index in [1.165, 1.54) is 6.26 Å². The summed E-state index contributed by atoms with van der Waals surface area (Å²) >= 11 is -2.60. The minimum absolute atomic E-state index is 0.171. The predicted molar refractivity (Wildman–Crippen MR) is 96.0 cm³/mol. The van der Waals surface area contributed by atoms with Gasteiger partial charge in [0.2, 0.25) is 0 Å². The fraction of sp³-hybridized carbons (Fsp3) is 0.0588. The van der Waals surface area contributed by atoms with Crippen molar-refractivity contribution in [3.05, 3.63) is 85.9 Å². The fourth-order valence-electron chi connectivity index (χ4n) is 1.90. The second-order valence-corrected chi connectivity index (χ2v) is 11.3. The molecule has 0 aliphatic carbocycles. The Morgan fingerprint density at radius 1 is 0.913 bits per heavy atom. The Morgan fingerprint density at radius 3 is 2.22 bits per heavy atom. The molecule has 6 heteroatoms. The Labute approximate surface area is 143 Å². The van der Waals surface area contributed by atoms with E-state index in [0.29, 0.717) is 0 Å². The van der Waals surface area contributed by atoms with Crippen LogP contribution in [0.1, 0.15) is 5.56 Å². The second-order valence-electron chi connectivity index (χ2n) is 4.82. The van der Waals surface area contributed by atoms with E-state index in [-0.39, 0.29) is 4.90 Å². The van der Waals surface area contributed by atoms with E-state index in [1.54, 1.807) is 36.6 Å². The first-order valence-corrected chi connectivity index (χ1v) is 11.3. The van der Waals surface area contributed by atoms with E-state index in [2.05, 4.69) is 0 Å². The summed E-state index contributed by atoms with van der Waals surface area (Å²) in [6, 6.07) is 17.8. The molecule has 0 bridgehead atoms. The summed E-state index contributed by atoms with van der Waals surface area (Å²) in [7, 11) is -3.82. The standard InChI is InChI=1S/C17H15IO4S/c1-14-7-9-17(10-8-14)23(19,20)22-18(16-11-12-21-13-16)15-5-3-2-4-6-15/h2-13H,1H3. The number of hydrogen-bond donors (Lipinski definition) is 0. The van der Waals surface area contributed by atoms with Gasteiger partial charge in [-0.05, 0) is 0 Å². The Hall–Kier alpha value is -1.64. The molecule has 3 aromatic rings. The molecule has 0 unspecified atom stereocenters. The molecule has 0 radical (unpaired) electrons. The minimum atomic E-state index is -3.82. The first kappa shape index (κ1) is 16.2. The number of benzene rings is 2. The fourth-order valence-corrected chi connectivity index (χ4v) is 8.68. The van der Waals surface area contributed by atoms with E-state index < -0.39 is 30.4 Å². The summed E-state index contributed by atoms with van der Waals surface area (Å²) in [5, 5.41) is 0. The number of aryl methyl sites for hydroxylation is 1. The van der Waals surface area contributed by atoms with Crippen molar-refractivity contribution < 1.29 is 15.3 Å². The van der Waals surface area contributed by atoms with Gasteiger partial charge in [0.25, 0.3) is 0 Å². The Bertz CT molecular complexity index is 857. The molecular formula is C17H15IO4S. The first-order chi connectivity index (χ1) is 11.1. The van der Waals surface area contributed by atoms with Crippen LogP contribution in [0.3, 0.4) is 0 Å². The molecule has 4 nitrogen and oxygen atoms in total. The van der Waals surface area contributed by atoms with Crippen LogP contribution in [0.15, 0.2) is 82.5 Å². The number of halogens is 1. The molecule has 1 heterocycles. The zero-order chi connectivity index (χ0) is 16.3. The van der Waals surface area contributed by atoms with Gasteiger partial charge in [0.15, 0.2) is 0 Å². The molecule has 0 spiro atoms. The van der Waals surface area contributed by atoms with Crippen molar-refractivity contribution in [3.8, 4) is 0 Å². The topological polar surface area (TPSA) is 56.5 Å². The molecule has 3 rings (SSSR count). The van der Waals surface area contributed by atoms with Crippen molar-refractivity contribution in [2.75, 3.05) is 0 Å². The van der Waals surface area contributed by atoms with Crippen molar-refractivity contribution in [1.82, 2.24) is 0 Å². The van der Waals surface area contributed by atoms with Gasteiger partial charge in [0.1, 0.15) is 0 Å². The third-order valence-electron chi connectivity index (χ3n) is 3.07. The van der Waals surface area contributed by atoms with Crippen molar-refractivity contribution in [3.63, 3.8) is 0 Å². The zero-order valence-corrected chi connectivity index (χ0v) is 15.3. The Balaban J connectivity index is 1.97. The van der Waals surface area contributed by atoms with Gasteiger partial charge in [-0.1, -0.05) is 0 Å². The van der Waals surface area contributed by atoms with Gasteiger partial charge in [0, 0.05) is 0 Å². The van der Waals surface area contributed by atoms with E-state index in [1.807, 2.05) is 37.3 Å². The molecule has 0 atom stereocenters. The third-order valence-corrected chi connectivity index (χ3v) is 10.3. The van der Waals surface area contributed by atoms with Crippen LogP contribution in [0.25, 0.3) is 0 Å². The van der Waals surface area contributed by atoms with Crippen LogP contribution in [-0.4, -0.2) is 8.42 Å². The van der Waals surface area contributed by atoms with Crippen LogP contribution in [0.5, 0.6) is 0 Å². The van der Waals surface area contributed by atoms with Crippen LogP contribution in [-0.2, 0) is 12.6 Å². The summed E-state index contributed by atoms with van der Waals surface area (Å²) in [5.74, 6) is 0. The quantitative estimate of drug-likeness (QED) is 0.548. The van der Waals surface area contributed by atoms with Gasteiger partial charge < -0.3 is 0 Å². The third kappa shape index (κ3) is 3.82. The molecule has 0 fully saturated rings. The van der Waals surface area contributed by atoms with Crippen LogP contribution >= 0.6 is 20.2 Å². The average molecular weight is 442 g/mol. The normalized spacial score (nSPS) is 12.1. The summed E-state index contributed by atoms with van der Waals surface area (Å²) < 4.78 is 37.7. The van der Waals surface area contributed by atoms with Gasteiger partial charge in [-0.25, -0.2) is 0 Å². The number of rotatable bonds is 5. The van der Waals surface area contributed by atoms with E-state index >= 15 is 0 Å². The van der Waals surface area contributed by atoms with Gasteiger partial charge in [-0.2, -0.15) is 0 Å². The molecule has 0 saturated carbocycles. The Kier molecular flexibility index (Phi) is 4.84. The molecule has 0 aliphatic heterocycles. The van der Waals surface area contributed by atoms with Crippen molar-refractivity contribution in [2.24, 2.45) is 0 Å². The molecule has 0 amide bonds. The van der Waals surface area contributed by atoms with Gasteiger partial charge in [-0.3, -0.25) is 0 Å². The van der Waals surface area contributed by atoms with Crippen LogP contribution < -0.4 is 0 Å². The first-order valence-electron chi connectivity index (χ1n) is 6.85. The van der Waals surface area contributed by atoms with Gasteiger partial charge in [0.05, 0.1) is 0 Å². The van der Waals surface area contributed by atoms with Crippen LogP contribution in [0.4, 0.5) is 0 Å². The molecule has 0 saturated heterocycles. The Morgan fingerprint density at radius 2 is 1.61 bits per heavy atom. The molecule has 2 aromatic carbocycles. The van der Waals surface area contributed by atoms with Crippen LogP contribution in [0, 0.1) is 14.1 Å². The molecule has 23 heavy (non-hydrogen) atoms. The summed E-state index contributed by atoms with van der Waals surface area (Å²) in [5.41, 5.74) is 0.997. The maximum absolute atomic E-state index is 12.6. The summed E-state index contributed by atoms with van der Waals surface area (Å²) in [4.78, 5) is 0.171. The summed E-state index contributed by atoms with van der Waals surface area (Å²) in [6.45, 7) is 1.91. The number of hydrogen-bond acceptors (Lipinski definition) is 4. The molecular weight excluding hydrogens is 427 g/mol. The van der Waals surface area contributed by atoms with Crippen LogP contribution in [0.2, 0.25) is 0 Å². The van der Waals surface area contributed by atoms with Gasteiger partial charge >= 0.3 is 143 Å². The molecule has 0 N–H and O–H groups in total. The van der Waals surface area contributed by atoms with Gasteiger partial charge in [-0.15, -0.1) is 0 Å². The predicted octanol–water partition coefficient (Wildman–Crippen LogP) is 4.45. The van der Waals surface area contributed by atoms with E-state index in [9.17, 15) is 8.42 Å². The zero-order valence-electron chi connectivity index (χ0n) is 12.3. The second kappa shape index (κ2) is 6.86. The van der Waals surface area contributed by atoms with E-state index in [4.69, 9.17) is 6.93 Å². The monoisotopic (exact) mass is 442 g/mol. The molecule has 120 valence electrons. The average Bonchev–Trinajstić information content (AvgIpc) is 3.08. The maximum atomic E-state index is 12.6.